The molecule has 0 unspecified atom stereocenters. The molecule has 3 nitrogen and oxygen atoms in total. The molecule has 12 heavy (non-hydrogen) atoms. The maximum Gasteiger partial charge on any atom is 0.316 e. The van der Waals surface area contributed by atoms with Crippen molar-refractivity contribution in [1.29, 1.82) is 0 Å². The molecule has 0 rings (SSSR count). The highest BCUT2D eigenvalue weighted by molar-refractivity contribution is 5.94. The van der Waals surface area contributed by atoms with Gasteiger partial charge in [-0.05, 0) is 27.7 Å². The molecule has 0 heterocycles. The quantitative estimate of drug-likeness (QED) is 0.354. The predicted molar refractivity (Wildman–Crippen MR) is 49.7 cm³/mol. The minimum Gasteiger partial charge on any atom is -0.460 e. The third-order valence-corrected chi connectivity index (χ3v) is 0.813. The lowest BCUT2D eigenvalue weighted by Crippen LogP contribution is -2.24. The van der Waals surface area contributed by atoms with E-state index in [1.54, 1.807) is 20.8 Å². The van der Waals surface area contributed by atoms with Crippen LogP contribution in [0.5, 0.6) is 0 Å². The number of Topliss-reactive ketones (excluding diaryl/α,β-unsaturated/α-hetero) is 1. The average molecular weight is 185 g/mol. The molecule has 68 valence electrons. The number of hydrogen-bond acceptors (Lipinski definition) is 3. The molecule has 0 aromatic rings. The van der Waals surface area contributed by atoms with E-state index in [0.717, 1.165) is 0 Å². The first kappa shape index (κ1) is 14.4. The Balaban J connectivity index is 0. The molecule has 0 amide bonds. The predicted octanol–water partition coefficient (Wildman–Crippen LogP) is 0.391. The lowest BCUT2D eigenvalue weighted by Gasteiger charge is -2.18. The summed E-state index contributed by atoms with van der Waals surface area (Å²) in [7, 11) is 0. The van der Waals surface area contributed by atoms with E-state index in [1.165, 1.54) is 6.92 Å². The van der Waals surface area contributed by atoms with Crippen LogP contribution in [-0.2, 0) is 14.3 Å². The van der Waals surface area contributed by atoms with Gasteiger partial charge in [-0.1, -0.05) is 0 Å². The Hall–Kier alpha value is -0.0938. The summed E-state index contributed by atoms with van der Waals surface area (Å²) in [6.07, 6.45) is -0.128. The molecule has 0 radical (unpaired) electrons. The molecule has 0 bridgehead atoms. The summed E-state index contributed by atoms with van der Waals surface area (Å²) in [5.41, 5.74) is -0.494. The Bertz CT molecular complexity index is 170. The lowest BCUT2D eigenvalue weighted by atomic mass is 10.2. The van der Waals surface area contributed by atoms with E-state index in [-0.39, 0.29) is 35.3 Å². The highest BCUT2D eigenvalue weighted by Gasteiger charge is 2.16. The van der Waals surface area contributed by atoms with Gasteiger partial charge in [-0.25, -0.2) is 0 Å². The number of carbonyl (C=O) groups is 2. The molecule has 4 heteroatoms. The Morgan fingerprint density at radius 3 is 1.92 bits per heavy atom. The average Bonchev–Trinajstić information content (AvgIpc) is 1.53. The molecule has 0 atom stereocenters. The molecule has 0 N–H and O–H groups in total. The van der Waals surface area contributed by atoms with Gasteiger partial charge >= 0.3 is 29.0 Å². The minimum absolute atomic E-state index is 0. The van der Waals surface area contributed by atoms with Gasteiger partial charge in [0.1, 0.15) is 17.8 Å². The zero-order valence-electron chi connectivity index (χ0n) is 7.43. The normalized spacial score (nSPS) is 10.0. The highest BCUT2D eigenvalue weighted by atomic mass is 24.3. The third-order valence-electron chi connectivity index (χ3n) is 0.813. The summed E-state index contributed by atoms with van der Waals surface area (Å²) in [5, 5.41) is 0. The fourth-order valence-electron chi connectivity index (χ4n) is 0.581. The van der Waals surface area contributed by atoms with Crippen LogP contribution >= 0.6 is 0 Å². The molecule has 0 aliphatic rings. The molecule has 0 saturated heterocycles. The largest absolute Gasteiger partial charge is 0.460 e. The number of ketones is 1. The van der Waals surface area contributed by atoms with Gasteiger partial charge in [0.2, 0.25) is 0 Å². The Kier molecular flexibility index (Phi) is 6.66. The standard InChI is InChI=1S/C8H14O3.Mg.2H/c1-6(9)5-7(10)11-8(2,3)4;;;/h5H2,1-4H3;;;. The van der Waals surface area contributed by atoms with Crippen molar-refractivity contribution < 1.29 is 14.3 Å². The Labute approximate surface area is 89.0 Å². The number of ether oxygens (including phenoxy) is 1. The van der Waals surface area contributed by atoms with Crippen LogP contribution in [-0.4, -0.2) is 40.4 Å². The van der Waals surface area contributed by atoms with Crippen molar-refractivity contribution in [1.82, 2.24) is 0 Å². The van der Waals surface area contributed by atoms with Gasteiger partial charge in [-0.2, -0.15) is 0 Å². The fraction of sp³-hybridized carbons (Fsp3) is 0.750. The molecular weight excluding hydrogens is 168 g/mol. The summed E-state index contributed by atoms with van der Waals surface area (Å²) in [5.74, 6) is -0.621. The summed E-state index contributed by atoms with van der Waals surface area (Å²) in [4.78, 5) is 21.3. The number of hydrogen-bond donors (Lipinski definition) is 0. The van der Waals surface area contributed by atoms with Crippen LogP contribution in [0, 0.1) is 0 Å². The fourth-order valence-corrected chi connectivity index (χ4v) is 0.581. The van der Waals surface area contributed by atoms with Gasteiger partial charge in [0.15, 0.2) is 0 Å². The van der Waals surface area contributed by atoms with Gasteiger partial charge in [0.05, 0.1) is 0 Å². The highest BCUT2D eigenvalue weighted by Crippen LogP contribution is 2.07. The second-order valence-corrected chi connectivity index (χ2v) is 3.47. The summed E-state index contributed by atoms with van der Waals surface area (Å²) in [6, 6.07) is 0. The molecule has 0 spiro atoms. The molecule has 0 aromatic heterocycles. The van der Waals surface area contributed by atoms with Gasteiger partial charge in [0.25, 0.3) is 0 Å². The molecule has 0 fully saturated rings. The van der Waals surface area contributed by atoms with Crippen LogP contribution < -0.4 is 0 Å². The summed E-state index contributed by atoms with van der Waals surface area (Å²) in [6.45, 7) is 6.67. The maximum absolute atomic E-state index is 10.8. The van der Waals surface area contributed by atoms with Gasteiger partial charge in [-0.15, -0.1) is 0 Å². The molecule has 0 saturated carbocycles. The van der Waals surface area contributed by atoms with Crippen molar-refractivity contribution in [3.8, 4) is 0 Å². The lowest BCUT2D eigenvalue weighted by molar-refractivity contribution is -0.155. The van der Waals surface area contributed by atoms with E-state index in [9.17, 15) is 9.59 Å². The van der Waals surface area contributed by atoms with Crippen LogP contribution in [0.1, 0.15) is 34.1 Å². The van der Waals surface area contributed by atoms with E-state index in [2.05, 4.69) is 0 Å². The van der Waals surface area contributed by atoms with Crippen molar-refractivity contribution in [3.05, 3.63) is 0 Å². The third kappa shape index (κ3) is 9.91. The van der Waals surface area contributed by atoms with Crippen LogP contribution in [0.3, 0.4) is 0 Å². The second-order valence-electron chi connectivity index (χ2n) is 3.47. The molecular formula is C8H16MgO3. The first-order chi connectivity index (χ1) is 4.81. The van der Waals surface area contributed by atoms with E-state index in [0.29, 0.717) is 0 Å². The van der Waals surface area contributed by atoms with Crippen molar-refractivity contribution in [2.75, 3.05) is 0 Å². The van der Waals surface area contributed by atoms with E-state index < -0.39 is 11.6 Å². The molecule has 0 aromatic carbocycles. The smallest absolute Gasteiger partial charge is 0.316 e. The van der Waals surface area contributed by atoms with Crippen molar-refractivity contribution in [3.63, 3.8) is 0 Å². The van der Waals surface area contributed by atoms with Crippen LogP contribution in [0.4, 0.5) is 0 Å². The van der Waals surface area contributed by atoms with E-state index in [4.69, 9.17) is 4.74 Å². The second kappa shape index (κ2) is 5.53. The topological polar surface area (TPSA) is 43.4 Å². The zero-order chi connectivity index (χ0) is 9.07. The summed E-state index contributed by atoms with van der Waals surface area (Å²) >= 11 is 0. The zero-order valence-corrected chi connectivity index (χ0v) is 7.43. The minimum atomic E-state index is -0.494. The van der Waals surface area contributed by atoms with Gasteiger partial charge < -0.3 is 4.74 Å². The number of rotatable bonds is 2. The van der Waals surface area contributed by atoms with Gasteiger partial charge in [0, 0.05) is 0 Å². The van der Waals surface area contributed by atoms with Crippen molar-refractivity contribution in [2.24, 2.45) is 0 Å². The number of esters is 1. The van der Waals surface area contributed by atoms with Crippen molar-refractivity contribution >= 4 is 34.8 Å². The number of carbonyl (C=O) groups excluding carboxylic acids is 2. The first-order valence-corrected chi connectivity index (χ1v) is 3.52. The molecule has 0 aliphatic carbocycles. The summed E-state index contributed by atoms with van der Waals surface area (Å²) < 4.78 is 4.89. The van der Waals surface area contributed by atoms with Crippen LogP contribution in [0.2, 0.25) is 0 Å². The monoisotopic (exact) mass is 184 g/mol. The van der Waals surface area contributed by atoms with Crippen molar-refractivity contribution in [2.45, 2.75) is 39.7 Å². The molecule has 0 aliphatic heterocycles. The van der Waals surface area contributed by atoms with E-state index >= 15 is 0 Å². The first-order valence-electron chi connectivity index (χ1n) is 3.52. The van der Waals surface area contributed by atoms with Gasteiger partial charge in [-0.3, -0.25) is 9.59 Å². The van der Waals surface area contributed by atoms with Crippen LogP contribution in [0.25, 0.3) is 0 Å². The SMILES string of the molecule is CC(=O)CC(=O)OC(C)(C)C.[MgH2]. The van der Waals surface area contributed by atoms with Crippen LogP contribution in [0.15, 0.2) is 0 Å². The Morgan fingerprint density at radius 1 is 1.25 bits per heavy atom. The Morgan fingerprint density at radius 2 is 1.67 bits per heavy atom. The maximum atomic E-state index is 10.8. The van der Waals surface area contributed by atoms with E-state index in [1.807, 2.05) is 0 Å².